The Balaban J connectivity index is 2.20. The second-order valence-corrected chi connectivity index (χ2v) is 4.55. The van der Waals surface area contributed by atoms with Gasteiger partial charge in [-0.25, -0.2) is 4.98 Å². The molecule has 18 heavy (non-hydrogen) atoms. The predicted octanol–water partition coefficient (Wildman–Crippen LogP) is 4.07. The van der Waals surface area contributed by atoms with E-state index in [1.54, 1.807) is 0 Å². The molecule has 3 rings (SSSR count). The van der Waals surface area contributed by atoms with Gasteiger partial charge in [0.25, 0.3) is 0 Å². The molecule has 2 aromatic carbocycles. The Morgan fingerprint density at radius 2 is 1.78 bits per heavy atom. The van der Waals surface area contributed by atoms with Crippen LogP contribution in [0.4, 0.5) is 0 Å². The van der Waals surface area contributed by atoms with E-state index in [-0.39, 0.29) is 0 Å². The number of halogens is 1. The number of hydrogen-bond donors (Lipinski definition) is 0. The fraction of sp³-hybridized carbons (Fsp3) is 0.133. The van der Waals surface area contributed by atoms with Crippen LogP contribution >= 0.6 is 11.6 Å². The van der Waals surface area contributed by atoms with Crippen molar-refractivity contribution in [2.24, 2.45) is 0 Å². The molecule has 0 amide bonds. The van der Waals surface area contributed by atoms with Crippen molar-refractivity contribution in [2.45, 2.75) is 12.8 Å². The summed E-state index contributed by atoms with van der Waals surface area (Å²) >= 11 is 5.81. The SMILES string of the molecule is Cc1nc2ccccc2n1-c1ccc(CCl)cc1. The minimum Gasteiger partial charge on any atom is -0.297 e. The standard InChI is InChI=1S/C15H13ClN2/c1-11-17-14-4-2-3-5-15(14)18(11)13-8-6-12(10-16)7-9-13/h2-9H,10H2,1H3. The highest BCUT2D eigenvalue weighted by Gasteiger charge is 2.08. The monoisotopic (exact) mass is 256 g/mol. The molecule has 1 aromatic heterocycles. The van der Waals surface area contributed by atoms with Crippen LogP contribution in [0.2, 0.25) is 0 Å². The van der Waals surface area contributed by atoms with Gasteiger partial charge in [-0.2, -0.15) is 0 Å². The van der Waals surface area contributed by atoms with Crippen LogP contribution in [-0.4, -0.2) is 9.55 Å². The number of aromatic nitrogens is 2. The molecule has 1 heterocycles. The molecule has 0 aliphatic rings. The molecule has 0 atom stereocenters. The van der Waals surface area contributed by atoms with Crippen molar-refractivity contribution < 1.29 is 0 Å². The summed E-state index contributed by atoms with van der Waals surface area (Å²) in [5, 5.41) is 0. The van der Waals surface area contributed by atoms with Crippen molar-refractivity contribution >= 4 is 22.6 Å². The zero-order valence-electron chi connectivity index (χ0n) is 10.1. The molecular formula is C15H13ClN2. The topological polar surface area (TPSA) is 17.8 Å². The Kier molecular flexibility index (Phi) is 2.80. The van der Waals surface area contributed by atoms with E-state index in [1.807, 2.05) is 25.1 Å². The van der Waals surface area contributed by atoms with Gasteiger partial charge in [-0.15, -0.1) is 11.6 Å². The zero-order chi connectivity index (χ0) is 12.5. The van der Waals surface area contributed by atoms with Crippen LogP contribution in [0.25, 0.3) is 16.7 Å². The molecule has 0 spiro atoms. The maximum atomic E-state index is 5.81. The van der Waals surface area contributed by atoms with Gasteiger partial charge in [-0.3, -0.25) is 4.57 Å². The van der Waals surface area contributed by atoms with E-state index in [0.717, 1.165) is 28.1 Å². The van der Waals surface area contributed by atoms with Crippen molar-refractivity contribution in [1.29, 1.82) is 0 Å². The fourth-order valence-electron chi connectivity index (χ4n) is 2.21. The summed E-state index contributed by atoms with van der Waals surface area (Å²) in [5.41, 5.74) is 4.41. The first-order chi connectivity index (χ1) is 8.79. The van der Waals surface area contributed by atoms with Gasteiger partial charge in [0.15, 0.2) is 0 Å². The Labute approximate surface area is 111 Å². The van der Waals surface area contributed by atoms with Gasteiger partial charge < -0.3 is 0 Å². The van der Waals surface area contributed by atoms with Crippen molar-refractivity contribution in [3.8, 4) is 5.69 Å². The molecule has 0 radical (unpaired) electrons. The number of rotatable bonds is 2. The lowest BCUT2D eigenvalue weighted by molar-refractivity contribution is 1.000. The van der Waals surface area contributed by atoms with Gasteiger partial charge in [-0.05, 0) is 36.8 Å². The number of fused-ring (bicyclic) bond motifs is 1. The van der Waals surface area contributed by atoms with Gasteiger partial charge in [0.05, 0.1) is 11.0 Å². The van der Waals surface area contributed by atoms with E-state index >= 15 is 0 Å². The molecule has 0 unspecified atom stereocenters. The zero-order valence-corrected chi connectivity index (χ0v) is 10.9. The lowest BCUT2D eigenvalue weighted by Crippen LogP contribution is -1.96. The first-order valence-corrected chi connectivity index (χ1v) is 6.42. The van der Waals surface area contributed by atoms with Gasteiger partial charge >= 0.3 is 0 Å². The largest absolute Gasteiger partial charge is 0.297 e. The van der Waals surface area contributed by atoms with E-state index < -0.39 is 0 Å². The van der Waals surface area contributed by atoms with Gasteiger partial charge in [0.2, 0.25) is 0 Å². The first-order valence-electron chi connectivity index (χ1n) is 5.89. The molecule has 0 bridgehead atoms. The summed E-state index contributed by atoms with van der Waals surface area (Å²) in [7, 11) is 0. The quantitative estimate of drug-likeness (QED) is 0.632. The molecule has 0 aliphatic heterocycles. The van der Waals surface area contributed by atoms with Crippen molar-refractivity contribution in [3.05, 3.63) is 59.9 Å². The normalized spacial score (nSPS) is 11.0. The maximum absolute atomic E-state index is 5.81. The van der Waals surface area contributed by atoms with Crippen LogP contribution in [0.5, 0.6) is 0 Å². The van der Waals surface area contributed by atoms with Gasteiger partial charge in [0, 0.05) is 11.6 Å². The lowest BCUT2D eigenvalue weighted by Gasteiger charge is -2.07. The van der Waals surface area contributed by atoms with Gasteiger partial charge in [0.1, 0.15) is 5.82 Å². The van der Waals surface area contributed by atoms with E-state index in [1.165, 1.54) is 0 Å². The molecule has 3 aromatic rings. The molecule has 3 heteroatoms. The molecule has 0 N–H and O–H groups in total. The smallest absolute Gasteiger partial charge is 0.111 e. The fourth-order valence-corrected chi connectivity index (χ4v) is 2.38. The highest BCUT2D eigenvalue weighted by atomic mass is 35.5. The molecule has 2 nitrogen and oxygen atoms in total. The van der Waals surface area contributed by atoms with Crippen molar-refractivity contribution in [3.63, 3.8) is 0 Å². The molecule has 0 saturated carbocycles. The molecule has 90 valence electrons. The second-order valence-electron chi connectivity index (χ2n) is 4.28. The average molecular weight is 257 g/mol. The van der Waals surface area contributed by atoms with Crippen LogP contribution in [0.15, 0.2) is 48.5 Å². The highest BCUT2D eigenvalue weighted by Crippen LogP contribution is 2.21. The lowest BCUT2D eigenvalue weighted by atomic mass is 10.2. The van der Waals surface area contributed by atoms with Gasteiger partial charge in [-0.1, -0.05) is 24.3 Å². The number of alkyl halides is 1. The van der Waals surface area contributed by atoms with Crippen LogP contribution in [-0.2, 0) is 5.88 Å². The third-order valence-electron chi connectivity index (χ3n) is 3.08. The minimum atomic E-state index is 0.546. The molecule has 0 aliphatic carbocycles. The van der Waals surface area contributed by atoms with E-state index in [9.17, 15) is 0 Å². The highest BCUT2D eigenvalue weighted by molar-refractivity contribution is 6.17. The molecule has 0 fully saturated rings. The number of benzene rings is 2. The average Bonchev–Trinajstić information content (AvgIpc) is 2.75. The summed E-state index contributed by atoms with van der Waals surface area (Å²) in [4.78, 5) is 4.57. The molecule has 0 saturated heterocycles. The Morgan fingerprint density at radius 3 is 2.50 bits per heavy atom. The minimum absolute atomic E-state index is 0.546. The summed E-state index contributed by atoms with van der Waals surface area (Å²) in [6.45, 7) is 2.02. The van der Waals surface area contributed by atoms with Crippen molar-refractivity contribution in [1.82, 2.24) is 9.55 Å². The van der Waals surface area contributed by atoms with E-state index in [4.69, 9.17) is 11.6 Å². The summed E-state index contributed by atoms with van der Waals surface area (Å²) in [5.74, 6) is 1.54. The van der Waals surface area contributed by atoms with Crippen LogP contribution in [0.3, 0.4) is 0 Å². The van der Waals surface area contributed by atoms with E-state index in [0.29, 0.717) is 5.88 Å². The molecular weight excluding hydrogens is 244 g/mol. The first kappa shape index (κ1) is 11.3. The summed E-state index contributed by atoms with van der Waals surface area (Å²) < 4.78 is 2.16. The number of aryl methyl sites for hydroxylation is 1. The third-order valence-corrected chi connectivity index (χ3v) is 3.39. The van der Waals surface area contributed by atoms with E-state index in [2.05, 4.69) is 39.9 Å². The van der Waals surface area contributed by atoms with Crippen LogP contribution < -0.4 is 0 Å². The number of nitrogens with zero attached hydrogens (tertiary/aromatic N) is 2. The number of para-hydroxylation sites is 2. The van der Waals surface area contributed by atoms with Crippen molar-refractivity contribution in [2.75, 3.05) is 0 Å². The predicted molar refractivity (Wildman–Crippen MR) is 75.4 cm³/mol. The number of imidazole rings is 1. The summed E-state index contributed by atoms with van der Waals surface area (Å²) in [6, 6.07) is 16.4. The summed E-state index contributed by atoms with van der Waals surface area (Å²) in [6.07, 6.45) is 0. The Hall–Kier alpha value is -1.80. The van der Waals surface area contributed by atoms with Crippen LogP contribution in [0.1, 0.15) is 11.4 Å². The second kappa shape index (κ2) is 4.46. The van der Waals surface area contributed by atoms with Crippen LogP contribution in [0, 0.1) is 6.92 Å². The number of hydrogen-bond acceptors (Lipinski definition) is 1. The Bertz CT molecular complexity index is 683. The Morgan fingerprint density at radius 1 is 1.06 bits per heavy atom. The third kappa shape index (κ3) is 1.79. The maximum Gasteiger partial charge on any atom is 0.111 e.